The normalized spacial score (nSPS) is 26.0. The van der Waals surface area contributed by atoms with Crippen LogP contribution in [0.25, 0.3) is 0 Å². The molecule has 1 aliphatic carbocycles. The van der Waals surface area contributed by atoms with E-state index < -0.39 is 7.60 Å². The van der Waals surface area contributed by atoms with Gasteiger partial charge in [0.2, 0.25) is 0 Å². The van der Waals surface area contributed by atoms with Crippen LogP contribution in [0.4, 0.5) is 0 Å². The molecule has 0 aliphatic heterocycles. The van der Waals surface area contributed by atoms with Crippen LogP contribution in [0, 0.1) is 11.3 Å². The highest BCUT2D eigenvalue weighted by atomic mass is 31.2. The third kappa shape index (κ3) is 6.46. The molecule has 0 saturated heterocycles. The quantitative estimate of drug-likeness (QED) is 0.368. The van der Waals surface area contributed by atoms with E-state index in [4.69, 9.17) is 9.05 Å². The number of rotatable bonds is 10. The summed E-state index contributed by atoms with van der Waals surface area (Å²) in [5, 5.41) is 0. The van der Waals surface area contributed by atoms with E-state index in [2.05, 4.69) is 26.8 Å². The molecule has 1 aliphatic rings. The number of allylic oxidation sites excluding steroid dienone is 2. The molecule has 4 nitrogen and oxygen atoms in total. The molecule has 0 bridgehead atoms. The molecule has 0 aromatic rings. The van der Waals surface area contributed by atoms with Crippen molar-refractivity contribution in [3.8, 4) is 0 Å². The Morgan fingerprint density at radius 3 is 2.54 bits per heavy atom. The highest BCUT2D eigenvalue weighted by Crippen LogP contribution is 2.49. The first kappa shape index (κ1) is 21.6. The lowest BCUT2D eigenvalue weighted by atomic mass is 9.68. The molecule has 0 spiro atoms. The van der Waals surface area contributed by atoms with Crippen molar-refractivity contribution in [3.63, 3.8) is 0 Å². The Hall–Kier alpha value is -0.440. The fourth-order valence-corrected chi connectivity index (χ4v) is 5.13. The van der Waals surface area contributed by atoms with E-state index in [0.717, 1.165) is 38.5 Å². The summed E-state index contributed by atoms with van der Waals surface area (Å²) >= 11 is 0. The van der Waals surface area contributed by atoms with E-state index in [1.54, 1.807) is 0 Å². The summed E-state index contributed by atoms with van der Waals surface area (Å²) < 4.78 is 23.1. The van der Waals surface area contributed by atoms with Crippen LogP contribution < -0.4 is 0 Å². The van der Waals surface area contributed by atoms with Gasteiger partial charge < -0.3 is 9.05 Å². The van der Waals surface area contributed by atoms with Gasteiger partial charge in [-0.1, -0.05) is 31.9 Å². The van der Waals surface area contributed by atoms with Crippen LogP contribution >= 0.6 is 7.60 Å². The maximum Gasteiger partial charge on any atom is 0.330 e. The minimum Gasteiger partial charge on any atom is -0.309 e. The van der Waals surface area contributed by atoms with Crippen LogP contribution in [0.3, 0.4) is 0 Å². The molecule has 24 heavy (non-hydrogen) atoms. The molecule has 5 heteroatoms. The Balaban J connectivity index is 2.49. The lowest BCUT2D eigenvalue weighted by molar-refractivity contribution is -0.134. The first-order valence-corrected chi connectivity index (χ1v) is 11.1. The van der Waals surface area contributed by atoms with Crippen molar-refractivity contribution in [1.29, 1.82) is 0 Å². The standard InChI is InChI=1S/C19H35O4P/c1-6-22-24(21,23-7-2)15-9-10-16(3)12-14-19(5)13-8-11-17(4)18(19)20/h12,17H,6-11,13-15H2,1-5H3/b16-12+. The Morgan fingerprint density at radius 1 is 1.33 bits per heavy atom. The molecule has 0 radical (unpaired) electrons. The van der Waals surface area contributed by atoms with Gasteiger partial charge in [-0.15, -0.1) is 0 Å². The summed E-state index contributed by atoms with van der Waals surface area (Å²) in [5.41, 5.74) is 1.05. The average molecular weight is 358 g/mol. The van der Waals surface area contributed by atoms with Gasteiger partial charge in [0.05, 0.1) is 19.4 Å². The molecule has 0 N–H and O–H groups in total. The first-order valence-electron chi connectivity index (χ1n) is 9.34. The molecule has 2 unspecified atom stereocenters. The molecule has 0 aromatic carbocycles. The smallest absolute Gasteiger partial charge is 0.309 e. The Morgan fingerprint density at radius 2 is 1.96 bits per heavy atom. The molecule has 0 aromatic heterocycles. The van der Waals surface area contributed by atoms with Crippen molar-refractivity contribution in [2.75, 3.05) is 19.4 Å². The Bertz CT molecular complexity index is 476. The average Bonchev–Trinajstić information content (AvgIpc) is 2.51. The zero-order valence-corrected chi connectivity index (χ0v) is 17.0. The third-order valence-electron chi connectivity index (χ3n) is 4.96. The predicted octanol–water partition coefficient (Wildman–Crippen LogP) is 5.76. The maximum absolute atomic E-state index is 12.4. The predicted molar refractivity (Wildman–Crippen MR) is 99.5 cm³/mol. The minimum atomic E-state index is -2.93. The summed E-state index contributed by atoms with van der Waals surface area (Å²) in [6, 6.07) is 0. The summed E-state index contributed by atoms with van der Waals surface area (Å²) in [5.74, 6) is 0.607. The van der Waals surface area contributed by atoms with Crippen molar-refractivity contribution in [1.82, 2.24) is 0 Å². The van der Waals surface area contributed by atoms with Gasteiger partial charge in [-0.05, 0) is 52.9 Å². The minimum absolute atomic E-state index is 0.195. The number of hydrogen-bond acceptors (Lipinski definition) is 4. The van der Waals surface area contributed by atoms with Crippen LogP contribution in [0.15, 0.2) is 11.6 Å². The van der Waals surface area contributed by atoms with E-state index in [-0.39, 0.29) is 11.3 Å². The van der Waals surface area contributed by atoms with Gasteiger partial charge in [0.1, 0.15) is 5.78 Å². The second kappa shape index (κ2) is 9.89. The van der Waals surface area contributed by atoms with E-state index in [1.165, 1.54) is 5.57 Å². The molecule has 140 valence electrons. The fourth-order valence-electron chi connectivity index (χ4n) is 3.46. The van der Waals surface area contributed by atoms with E-state index in [9.17, 15) is 9.36 Å². The van der Waals surface area contributed by atoms with Gasteiger partial charge in [0.15, 0.2) is 0 Å². The molecular weight excluding hydrogens is 323 g/mol. The van der Waals surface area contributed by atoms with Crippen molar-refractivity contribution < 1.29 is 18.4 Å². The number of carbonyl (C=O) groups excluding carboxylic acids is 1. The summed E-state index contributed by atoms with van der Waals surface area (Å²) in [6.07, 6.45) is 8.27. The number of ketones is 1. The summed E-state index contributed by atoms with van der Waals surface area (Å²) in [4.78, 5) is 12.4. The van der Waals surface area contributed by atoms with Gasteiger partial charge in [-0.3, -0.25) is 9.36 Å². The van der Waals surface area contributed by atoms with Gasteiger partial charge in [0, 0.05) is 11.3 Å². The van der Waals surface area contributed by atoms with E-state index in [1.807, 2.05) is 13.8 Å². The fraction of sp³-hybridized carbons (Fsp3) is 0.842. The molecule has 0 amide bonds. The molecular formula is C19H35O4P. The monoisotopic (exact) mass is 358 g/mol. The van der Waals surface area contributed by atoms with E-state index >= 15 is 0 Å². The number of hydrogen-bond donors (Lipinski definition) is 0. The lowest BCUT2D eigenvalue weighted by Gasteiger charge is -2.34. The van der Waals surface area contributed by atoms with Crippen molar-refractivity contribution >= 4 is 13.4 Å². The van der Waals surface area contributed by atoms with Crippen molar-refractivity contribution in [2.45, 2.75) is 73.1 Å². The molecule has 1 rings (SSSR count). The molecule has 0 heterocycles. The highest BCUT2D eigenvalue weighted by Gasteiger charge is 2.37. The van der Waals surface area contributed by atoms with Crippen molar-refractivity contribution in [2.24, 2.45) is 11.3 Å². The Labute approximate surface area is 147 Å². The van der Waals surface area contributed by atoms with Crippen molar-refractivity contribution in [3.05, 3.63) is 11.6 Å². The highest BCUT2D eigenvalue weighted by molar-refractivity contribution is 7.53. The SMILES string of the molecule is CCOP(=O)(CCC/C(C)=C/CC1(C)CCCC(C)C1=O)OCC. The van der Waals surface area contributed by atoms with Crippen LogP contribution in [0.1, 0.15) is 73.1 Å². The van der Waals surface area contributed by atoms with Gasteiger partial charge >= 0.3 is 7.60 Å². The van der Waals surface area contributed by atoms with Gasteiger partial charge in [0.25, 0.3) is 0 Å². The van der Waals surface area contributed by atoms with Gasteiger partial charge in [-0.2, -0.15) is 0 Å². The van der Waals surface area contributed by atoms with Crippen LogP contribution in [0.2, 0.25) is 0 Å². The van der Waals surface area contributed by atoms with Gasteiger partial charge in [-0.25, -0.2) is 0 Å². The second-order valence-corrected chi connectivity index (χ2v) is 9.43. The van der Waals surface area contributed by atoms with E-state index in [0.29, 0.717) is 25.2 Å². The molecule has 2 atom stereocenters. The number of carbonyl (C=O) groups is 1. The zero-order valence-electron chi connectivity index (χ0n) is 16.1. The van der Waals surface area contributed by atoms with Crippen LogP contribution in [0.5, 0.6) is 0 Å². The second-order valence-electron chi connectivity index (χ2n) is 7.25. The molecule has 1 saturated carbocycles. The first-order chi connectivity index (χ1) is 11.3. The topological polar surface area (TPSA) is 52.6 Å². The van der Waals surface area contributed by atoms with Crippen LogP contribution in [-0.4, -0.2) is 25.2 Å². The summed E-state index contributed by atoms with van der Waals surface area (Å²) in [6.45, 7) is 10.7. The zero-order chi connectivity index (χ0) is 18.2. The Kier molecular flexibility index (Phi) is 8.90. The lowest BCUT2D eigenvalue weighted by Crippen LogP contribution is -2.36. The number of Topliss-reactive ketones (excluding diaryl/α,β-unsaturated/α-hetero) is 1. The maximum atomic E-state index is 12.4. The summed E-state index contributed by atoms with van der Waals surface area (Å²) in [7, 11) is -2.93. The molecule has 1 fully saturated rings. The third-order valence-corrected chi connectivity index (χ3v) is 7.13. The largest absolute Gasteiger partial charge is 0.330 e. The van der Waals surface area contributed by atoms with Crippen LogP contribution in [-0.2, 0) is 18.4 Å².